The third kappa shape index (κ3) is 4.01. The van der Waals surface area contributed by atoms with Gasteiger partial charge in [-0.25, -0.2) is 4.98 Å². The van der Waals surface area contributed by atoms with Crippen LogP contribution in [0.3, 0.4) is 0 Å². The fraction of sp³-hybridized carbons (Fsp3) is 0.500. The zero-order chi connectivity index (χ0) is 22.1. The summed E-state index contributed by atoms with van der Waals surface area (Å²) in [4.78, 5) is 30.5. The van der Waals surface area contributed by atoms with E-state index in [0.29, 0.717) is 6.42 Å². The maximum absolute atomic E-state index is 11.9. The van der Waals surface area contributed by atoms with Crippen molar-refractivity contribution in [1.29, 1.82) is 0 Å². The van der Waals surface area contributed by atoms with E-state index in [0.717, 1.165) is 74.9 Å². The molecule has 2 aliphatic heterocycles. The highest BCUT2D eigenvalue weighted by atomic mass is 16.2. The Kier molecular flexibility index (Phi) is 5.68. The largest absolute Gasteiger partial charge is 0.368 e. The summed E-state index contributed by atoms with van der Waals surface area (Å²) in [5, 5.41) is 3.49. The Bertz CT molecular complexity index is 1120. The molecular formula is C24H31N7O. The summed E-state index contributed by atoms with van der Waals surface area (Å²) in [5.41, 5.74) is 4.41. The number of imidazole rings is 1. The summed E-state index contributed by atoms with van der Waals surface area (Å²) < 4.78 is 2.10. The lowest BCUT2D eigenvalue weighted by molar-refractivity contribution is -0.127. The van der Waals surface area contributed by atoms with Crippen LogP contribution in [-0.2, 0) is 17.8 Å². The van der Waals surface area contributed by atoms with E-state index in [9.17, 15) is 4.79 Å². The normalized spacial score (nSPS) is 16.3. The summed E-state index contributed by atoms with van der Waals surface area (Å²) in [5.74, 6) is 1.79. The lowest BCUT2D eigenvalue weighted by Crippen LogP contribution is -2.32. The topological polar surface area (TPSA) is 79.2 Å². The van der Waals surface area contributed by atoms with Gasteiger partial charge in [0.15, 0.2) is 17.0 Å². The molecule has 5 rings (SSSR count). The molecule has 0 aliphatic carbocycles. The first-order valence-corrected chi connectivity index (χ1v) is 11.7. The van der Waals surface area contributed by atoms with Crippen molar-refractivity contribution < 1.29 is 4.79 Å². The standard InChI is InChI=1S/C24H31N7O/c1-17(2)31-16-26-21-22(25-11-6-13-29-12-5-9-20(29)32)27-24(28-23(21)31)30-14-10-18-7-3-4-8-19(18)15-30/h3-4,7-8,16-17H,5-6,9-15H2,1-2H3,(H,25,27,28). The van der Waals surface area contributed by atoms with Crippen LogP contribution in [0, 0.1) is 0 Å². The molecule has 3 aromatic rings. The van der Waals surface area contributed by atoms with Crippen LogP contribution < -0.4 is 10.2 Å². The van der Waals surface area contributed by atoms with Crippen LogP contribution in [0.2, 0.25) is 0 Å². The predicted molar refractivity (Wildman–Crippen MR) is 126 cm³/mol. The van der Waals surface area contributed by atoms with Gasteiger partial charge in [-0.15, -0.1) is 0 Å². The number of carbonyl (C=O) groups is 1. The van der Waals surface area contributed by atoms with E-state index in [1.54, 1.807) is 0 Å². The van der Waals surface area contributed by atoms with Gasteiger partial charge in [0.1, 0.15) is 0 Å². The van der Waals surface area contributed by atoms with Gasteiger partial charge in [0, 0.05) is 45.2 Å². The van der Waals surface area contributed by atoms with Crippen molar-refractivity contribution in [1.82, 2.24) is 24.4 Å². The molecule has 0 atom stereocenters. The van der Waals surface area contributed by atoms with E-state index < -0.39 is 0 Å². The molecule has 0 spiro atoms. The number of nitrogens with one attached hydrogen (secondary N) is 1. The van der Waals surface area contributed by atoms with Crippen LogP contribution in [0.15, 0.2) is 30.6 Å². The van der Waals surface area contributed by atoms with Crippen molar-refractivity contribution in [3.63, 3.8) is 0 Å². The molecule has 168 valence electrons. The number of hydrogen-bond acceptors (Lipinski definition) is 6. The van der Waals surface area contributed by atoms with Gasteiger partial charge in [-0.05, 0) is 44.2 Å². The Morgan fingerprint density at radius 2 is 1.94 bits per heavy atom. The number of rotatable bonds is 7. The van der Waals surface area contributed by atoms with Gasteiger partial charge in [-0.2, -0.15) is 9.97 Å². The van der Waals surface area contributed by atoms with E-state index in [-0.39, 0.29) is 11.9 Å². The Morgan fingerprint density at radius 1 is 1.09 bits per heavy atom. The summed E-state index contributed by atoms with van der Waals surface area (Å²) in [6.07, 6.45) is 5.40. The van der Waals surface area contributed by atoms with Crippen molar-refractivity contribution in [2.45, 2.75) is 52.1 Å². The highest BCUT2D eigenvalue weighted by Gasteiger charge is 2.22. The molecule has 8 heteroatoms. The zero-order valence-electron chi connectivity index (χ0n) is 18.9. The lowest BCUT2D eigenvalue weighted by atomic mass is 10.0. The van der Waals surface area contributed by atoms with Crippen molar-refractivity contribution in [3.8, 4) is 0 Å². The van der Waals surface area contributed by atoms with E-state index in [4.69, 9.17) is 9.97 Å². The molecule has 1 amide bonds. The molecule has 1 aromatic carbocycles. The number of anilines is 2. The Morgan fingerprint density at radius 3 is 2.72 bits per heavy atom. The number of fused-ring (bicyclic) bond motifs is 2. The summed E-state index contributed by atoms with van der Waals surface area (Å²) in [6, 6.07) is 8.87. The summed E-state index contributed by atoms with van der Waals surface area (Å²) in [7, 11) is 0. The maximum Gasteiger partial charge on any atom is 0.229 e. The van der Waals surface area contributed by atoms with Gasteiger partial charge in [-0.3, -0.25) is 4.79 Å². The molecular weight excluding hydrogens is 402 g/mol. The van der Waals surface area contributed by atoms with Crippen LogP contribution in [-0.4, -0.2) is 56.5 Å². The number of benzene rings is 1. The highest BCUT2D eigenvalue weighted by Crippen LogP contribution is 2.28. The van der Waals surface area contributed by atoms with Crippen LogP contribution in [0.5, 0.6) is 0 Å². The second kappa shape index (κ2) is 8.76. The van der Waals surface area contributed by atoms with E-state index in [1.807, 2.05) is 11.2 Å². The molecule has 1 saturated heterocycles. The van der Waals surface area contributed by atoms with Crippen molar-refractivity contribution in [3.05, 3.63) is 41.7 Å². The molecule has 0 bridgehead atoms. The first-order valence-electron chi connectivity index (χ1n) is 11.7. The van der Waals surface area contributed by atoms with E-state index in [2.05, 4.69) is 57.9 Å². The lowest BCUT2D eigenvalue weighted by Gasteiger charge is -2.29. The van der Waals surface area contributed by atoms with Crippen LogP contribution in [0.1, 0.15) is 50.3 Å². The number of amides is 1. The second-order valence-electron chi connectivity index (χ2n) is 8.99. The molecule has 1 fully saturated rings. The third-order valence-electron chi connectivity index (χ3n) is 6.45. The van der Waals surface area contributed by atoms with Crippen molar-refractivity contribution in [2.24, 2.45) is 0 Å². The number of aromatic nitrogens is 4. The molecule has 8 nitrogen and oxygen atoms in total. The fourth-order valence-corrected chi connectivity index (χ4v) is 4.63. The zero-order valence-corrected chi connectivity index (χ0v) is 18.9. The molecule has 2 aliphatic rings. The smallest absolute Gasteiger partial charge is 0.229 e. The van der Waals surface area contributed by atoms with Gasteiger partial charge < -0.3 is 19.7 Å². The molecule has 0 radical (unpaired) electrons. The van der Waals surface area contributed by atoms with E-state index in [1.165, 1.54) is 11.1 Å². The Balaban J connectivity index is 1.38. The number of nitrogens with zero attached hydrogens (tertiary/aromatic N) is 6. The van der Waals surface area contributed by atoms with Gasteiger partial charge in [-0.1, -0.05) is 24.3 Å². The minimum atomic E-state index is 0.263. The maximum atomic E-state index is 11.9. The molecule has 0 unspecified atom stereocenters. The summed E-state index contributed by atoms with van der Waals surface area (Å²) in [6.45, 7) is 8.40. The second-order valence-corrected chi connectivity index (χ2v) is 8.99. The van der Waals surface area contributed by atoms with Crippen LogP contribution >= 0.6 is 0 Å². The average molecular weight is 434 g/mol. The quantitative estimate of drug-likeness (QED) is 0.576. The van der Waals surface area contributed by atoms with Crippen LogP contribution in [0.4, 0.5) is 11.8 Å². The predicted octanol–water partition coefficient (Wildman–Crippen LogP) is 3.39. The minimum Gasteiger partial charge on any atom is -0.368 e. The molecule has 32 heavy (non-hydrogen) atoms. The Hall–Kier alpha value is -3.16. The molecule has 1 N–H and O–H groups in total. The van der Waals surface area contributed by atoms with Crippen molar-refractivity contribution in [2.75, 3.05) is 36.4 Å². The first-order chi connectivity index (χ1) is 15.6. The first kappa shape index (κ1) is 20.7. The molecule has 2 aromatic heterocycles. The molecule has 0 saturated carbocycles. The summed E-state index contributed by atoms with van der Waals surface area (Å²) >= 11 is 0. The monoisotopic (exact) mass is 433 g/mol. The van der Waals surface area contributed by atoms with E-state index >= 15 is 0 Å². The number of carbonyl (C=O) groups excluding carboxylic acids is 1. The number of likely N-dealkylation sites (tertiary alicyclic amines) is 1. The average Bonchev–Trinajstić information content (AvgIpc) is 3.42. The fourth-order valence-electron chi connectivity index (χ4n) is 4.63. The number of hydrogen-bond donors (Lipinski definition) is 1. The van der Waals surface area contributed by atoms with Gasteiger partial charge in [0.05, 0.1) is 6.33 Å². The van der Waals surface area contributed by atoms with Crippen molar-refractivity contribution >= 4 is 28.8 Å². The highest BCUT2D eigenvalue weighted by molar-refractivity contribution is 5.84. The minimum absolute atomic E-state index is 0.263. The SMILES string of the molecule is CC(C)n1cnc2c(NCCCN3CCCC3=O)nc(N3CCc4ccccc4C3)nc21. The van der Waals surface area contributed by atoms with Crippen LogP contribution in [0.25, 0.3) is 11.2 Å². The van der Waals surface area contributed by atoms with Gasteiger partial charge >= 0.3 is 0 Å². The molecule has 4 heterocycles. The van der Waals surface area contributed by atoms with Gasteiger partial charge in [0.25, 0.3) is 0 Å². The Labute approximate surface area is 188 Å². The van der Waals surface area contributed by atoms with Gasteiger partial charge in [0.2, 0.25) is 11.9 Å². The third-order valence-corrected chi connectivity index (χ3v) is 6.45.